The maximum absolute atomic E-state index is 13.2. The highest BCUT2D eigenvalue weighted by molar-refractivity contribution is 7.67. The van der Waals surface area contributed by atoms with Crippen LogP contribution in [0.1, 0.15) is 51.4 Å². The summed E-state index contributed by atoms with van der Waals surface area (Å²) in [6, 6.07) is 6.01. The highest BCUT2D eigenvalue weighted by atomic mass is 31.1. The number of alkyl halides is 5. The van der Waals surface area contributed by atoms with E-state index in [0.717, 1.165) is 31.0 Å². The molecule has 0 aromatic heterocycles. The molecule has 0 saturated heterocycles. The van der Waals surface area contributed by atoms with E-state index in [9.17, 15) is 22.0 Å². The fraction of sp³-hybridized carbons (Fsp3) is 0.667. The largest absolute Gasteiger partial charge is 0.499 e. The third kappa shape index (κ3) is 4.27. The molecule has 0 radical (unpaired) electrons. The Morgan fingerprint density at radius 1 is 0.840 bits per heavy atom. The van der Waals surface area contributed by atoms with Crippen LogP contribution in [0.5, 0.6) is 5.75 Å². The van der Waals surface area contributed by atoms with Crippen LogP contribution in [0, 0.1) is 0 Å². The van der Waals surface area contributed by atoms with E-state index in [1.807, 2.05) is 6.07 Å². The number of benzene rings is 1. The highest BCUT2D eigenvalue weighted by Gasteiger charge is 2.61. The molecule has 1 aromatic carbocycles. The van der Waals surface area contributed by atoms with E-state index in [1.54, 1.807) is 0 Å². The lowest BCUT2D eigenvalue weighted by atomic mass is 10.3. The van der Waals surface area contributed by atoms with Crippen LogP contribution < -0.4 is 10.0 Å². The Bertz CT molecular complexity index is 561. The van der Waals surface area contributed by atoms with Gasteiger partial charge >= 0.3 is 12.3 Å². The summed E-state index contributed by atoms with van der Waals surface area (Å²) in [6.07, 6.45) is -1.65. The zero-order valence-electron chi connectivity index (χ0n) is 13.9. The van der Waals surface area contributed by atoms with Gasteiger partial charge in [-0.2, -0.15) is 22.0 Å². The Labute approximate surface area is 145 Å². The van der Waals surface area contributed by atoms with Gasteiger partial charge in [0.2, 0.25) is 0 Å². The number of rotatable bonds is 5. The van der Waals surface area contributed by atoms with Crippen LogP contribution in [0.15, 0.2) is 24.3 Å². The van der Waals surface area contributed by atoms with Crippen molar-refractivity contribution in [3.63, 3.8) is 0 Å². The summed E-state index contributed by atoms with van der Waals surface area (Å²) in [5, 5.41) is 0.907. The minimum Gasteiger partial charge on any atom is -0.426 e. The summed E-state index contributed by atoms with van der Waals surface area (Å²) in [4.78, 5) is 0. The van der Waals surface area contributed by atoms with Gasteiger partial charge in [0.05, 0.1) is 0 Å². The fourth-order valence-electron chi connectivity index (χ4n) is 4.00. The normalized spacial score (nSPS) is 20.6. The smallest absolute Gasteiger partial charge is 0.426 e. The maximum Gasteiger partial charge on any atom is 0.499 e. The zero-order chi connectivity index (χ0) is 18.1. The molecule has 0 bridgehead atoms. The first kappa shape index (κ1) is 18.9. The van der Waals surface area contributed by atoms with Crippen LogP contribution in [0.4, 0.5) is 22.0 Å². The second-order valence-corrected chi connectivity index (χ2v) is 9.69. The van der Waals surface area contributed by atoms with Crippen molar-refractivity contribution < 1.29 is 26.7 Å². The summed E-state index contributed by atoms with van der Waals surface area (Å²) in [6.45, 7) is 0. The molecule has 140 valence electrons. The zero-order valence-corrected chi connectivity index (χ0v) is 14.8. The van der Waals surface area contributed by atoms with Gasteiger partial charge in [-0.3, -0.25) is 0 Å². The predicted octanol–water partition coefficient (Wildman–Crippen LogP) is 6.21. The third-order valence-electron chi connectivity index (χ3n) is 5.13. The van der Waals surface area contributed by atoms with Crippen molar-refractivity contribution in [1.82, 2.24) is 0 Å². The van der Waals surface area contributed by atoms with Crippen molar-refractivity contribution in [3.8, 4) is 5.75 Å². The third-order valence-corrected chi connectivity index (χ3v) is 8.61. The molecule has 0 N–H and O–H groups in total. The van der Waals surface area contributed by atoms with Crippen LogP contribution >= 0.6 is 7.92 Å². The van der Waals surface area contributed by atoms with E-state index in [2.05, 4.69) is 4.74 Å². The molecule has 0 spiro atoms. The summed E-state index contributed by atoms with van der Waals surface area (Å²) >= 11 is 0. The van der Waals surface area contributed by atoms with Crippen molar-refractivity contribution in [2.75, 3.05) is 0 Å². The lowest BCUT2D eigenvalue weighted by Crippen LogP contribution is -2.42. The van der Waals surface area contributed by atoms with Gasteiger partial charge in [0.25, 0.3) is 0 Å². The Hall–Kier alpha value is -0.900. The second-order valence-electron chi connectivity index (χ2n) is 6.90. The summed E-state index contributed by atoms with van der Waals surface area (Å²) in [5.74, 6) is -0.400. The van der Waals surface area contributed by atoms with Crippen molar-refractivity contribution in [1.29, 1.82) is 0 Å². The van der Waals surface area contributed by atoms with E-state index in [4.69, 9.17) is 0 Å². The molecule has 1 aromatic rings. The minimum atomic E-state index is -5.72. The van der Waals surface area contributed by atoms with Crippen LogP contribution in [0.25, 0.3) is 0 Å². The van der Waals surface area contributed by atoms with Gasteiger partial charge in [0.1, 0.15) is 5.75 Å². The van der Waals surface area contributed by atoms with Crippen molar-refractivity contribution >= 4 is 13.2 Å². The van der Waals surface area contributed by atoms with E-state index in [0.29, 0.717) is 11.3 Å². The SMILES string of the molecule is FC(F)(F)C(F)(F)Oc1cccc(P(C2CCCC2)C2CCCC2)c1. The molecule has 3 rings (SSSR count). The van der Waals surface area contributed by atoms with E-state index in [-0.39, 0.29) is 0 Å². The first-order chi connectivity index (χ1) is 11.8. The Morgan fingerprint density at radius 2 is 1.36 bits per heavy atom. The van der Waals surface area contributed by atoms with E-state index in [1.165, 1.54) is 43.9 Å². The molecule has 0 aliphatic heterocycles. The standard InChI is InChI=1S/C18H22F5OP/c19-17(20,21)18(22,23)24-13-6-5-11-16(12-13)25(14-7-1-2-8-14)15-9-3-4-10-15/h5-6,11-12,14-15H,1-4,7-10H2. The number of ether oxygens (including phenoxy) is 1. The summed E-state index contributed by atoms with van der Waals surface area (Å²) < 4.78 is 67.6. The van der Waals surface area contributed by atoms with Crippen LogP contribution in [0.2, 0.25) is 0 Å². The molecule has 7 heteroatoms. The van der Waals surface area contributed by atoms with Crippen molar-refractivity contribution in [2.24, 2.45) is 0 Å². The average molecular weight is 380 g/mol. The van der Waals surface area contributed by atoms with Gasteiger partial charge in [-0.1, -0.05) is 45.7 Å². The Kier molecular flexibility index (Phi) is 5.57. The molecule has 2 aliphatic carbocycles. The van der Waals surface area contributed by atoms with Gasteiger partial charge in [-0.25, -0.2) is 0 Å². The Balaban J connectivity index is 1.84. The summed E-state index contributed by atoms with van der Waals surface area (Å²) in [5.41, 5.74) is 1.10. The monoisotopic (exact) mass is 380 g/mol. The first-order valence-corrected chi connectivity index (χ1v) is 10.3. The van der Waals surface area contributed by atoms with Crippen LogP contribution in [0.3, 0.4) is 0 Å². The second kappa shape index (κ2) is 7.38. The molecule has 0 atom stereocenters. The average Bonchev–Trinajstić information content (AvgIpc) is 3.20. The molecular weight excluding hydrogens is 358 g/mol. The lowest BCUT2D eigenvalue weighted by Gasteiger charge is -2.31. The van der Waals surface area contributed by atoms with Crippen molar-refractivity contribution in [2.45, 2.75) is 75.0 Å². The molecule has 2 saturated carbocycles. The molecule has 0 heterocycles. The quantitative estimate of drug-likeness (QED) is 0.436. The molecule has 1 nitrogen and oxygen atoms in total. The van der Waals surface area contributed by atoms with E-state index >= 15 is 0 Å². The highest BCUT2D eigenvalue weighted by Crippen LogP contribution is 2.56. The maximum atomic E-state index is 13.2. The summed E-state index contributed by atoms with van der Waals surface area (Å²) in [7, 11) is -0.550. The fourth-order valence-corrected chi connectivity index (χ4v) is 7.82. The number of hydrogen-bond donors (Lipinski definition) is 0. The molecule has 2 aliphatic rings. The van der Waals surface area contributed by atoms with Gasteiger partial charge < -0.3 is 4.74 Å². The first-order valence-electron chi connectivity index (χ1n) is 8.80. The molecule has 0 unspecified atom stereocenters. The minimum absolute atomic E-state index is 0.400. The van der Waals surface area contributed by atoms with E-state index < -0.39 is 26.0 Å². The van der Waals surface area contributed by atoms with Gasteiger partial charge in [0, 0.05) is 0 Å². The predicted molar refractivity (Wildman–Crippen MR) is 89.1 cm³/mol. The number of halogens is 5. The number of hydrogen-bond acceptors (Lipinski definition) is 1. The van der Waals surface area contributed by atoms with Crippen LogP contribution in [-0.4, -0.2) is 23.6 Å². The molecular formula is C18H22F5OP. The molecule has 0 amide bonds. The Morgan fingerprint density at radius 3 is 1.84 bits per heavy atom. The van der Waals surface area contributed by atoms with Gasteiger partial charge in [-0.05, 0) is 54.4 Å². The molecule has 25 heavy (non-hydrogen) atoms. The topological polar surface area (TPSA) is 9.23 Å². The lowest BCUT2D eigenvalue weighted by molar-refractivity contribution is -0.360. The van der Waals surface area contributed by atoms with Gasteiger partial charge in [-0.15, -0.1) is 0 Å². The van der Waals surface area contributed by atoms with Crippen molar-refractivity contribution in [3.05, 3.63) is 24.3 Å². The van der Waals surface area contributed by atoms with Crippen LogP contribution in [-0.2, 0) is 0 Å². The molecule has 2 fully saturated rings. The van der Waals surface area contributed by atoms with Gasteiger partial charge in [0.15, 0.2) is 0 Å².